The predicted molar refractivity (Wildman–Crippen MR) is 73.0 cm³/mol. The molecule has 18 heavy (non-hydrogen) atoms. The van der Waals surface area contributed by atoms with Gasteiger partial charge in [0.05, 0.1) is 6.10 Å². The van der Waals surface area contributed by atoms with Crippen molar-refractivity contribution < 1.29 is 18.1 Å². The summed E-state index contributed by atoms with van der Waals surface area (Å²) in [4.78, 5) is 0. The minimum Gasteiger partial charge on any atom is -0.390 e. The summed E-state index contributed by atoms with van der Waals surface area (Å²) in [6, 6.07) is 9.07. The summed E-state index contributed by atoms with van der Waals surface area (Å²) in [5.74, 6) is 0.443. The lowest BCUT2D eigenvalue weighted by Gasteiger charge is -2.17. The number of hydrogen-bond donors (Lipinski definition) is 3. The van der Waals surface area contributed by atoms with Gasteiger partial charge in [-0.1, -0.05) is 30.3 Å². The van der Waals surface area contributed by atoms with E-state index in [-0.39, 0.29) is 0 Å². The summed E-state index contributed by atoms with van der Waals surface area (Å²) in [6.07, 6.45) is -1.25. The van der Waals surface area contributed by atoms with Gasteiger partial charge in [0.15, 0.2) is 0 Å². The molecule has 0 aromatic heterocycles. The summed E-state index contributed by atoms with van der Waals surface area (Å²) in [7, 11) is -4.18. The average molecular weight is 291 g/mol. The van der Waals surface area contributed by atoms with Gasteiger partial charge in [-0.15, -0.1) is 0 Å². The maximum atomic E-state index is 10.6. The van der Waals surface area contributed by atoms with Crippen molar-refractivity contribution in [2.75, 3.05) is 11.5 Å². The fourth-order valence-electron chi connectivity index (χ4n) is 1.34. The Kier molecular flexibility index (Phi) is 6.10. The second-order valence-corrected chi connectivity index (χ2v) is 6.51. The van der Waals surface area contributed by atoms with Gasteiger partial charge in [-0.3, -0.25) is 4.55 Å². The van der Waals surface area contributed by atoms with Crippen LogP contribution in [-0.4, -0.2) is 41.7 Å². The van der Waals surface area contributed by atoms with Gasteiger partial charge in [-0.25, -0.2) is 0 Å². The zero-order valence-electron chi connectivity index (χ0n) is 9.77. The number of benzene rings is 1. The smallest absolute Gasteiger partial charge is 0.267 e. The Morgan fingerprint density at radius 3 is 2.44 bits per heavy atom. The first-order valence-corrected chi connectivity index (χ1v) is 8.15. The largest absolute Gasteiger partial charge is 0.390 e. The van der Waals surface area contributed by atoms with Gasteiger partial charge < -0.3 is 10.8 Å². The third-order valence-corrected chi connectivity index (χ3v) is 4.22. The molecule has 0 aliphatic heterocycles. The van der Waals surface area contributed by atoms with Crippen LogP contribution < -0.4 is 5.73 Å². The van der Waals surface area contributed by atoms with E-state index >= 15 is 0 Å². The van der Waals surface area contributed by atoms with E-state index in [4.69, 9.17) is 10.3 Å². The normalized spacial score (nSPS) is 15.3. The molecule has 0 unspecified atom stereocenters. The second-order valence-electron chi connectivity index (χ2n) is 3.98. The number of nitrogens with two attached hydrogens (primary N) is 1. The SMILES string of the molecule is N[C@@H](CSCc1ccccc1)[C@@H](O)CS(=O)(=O)O. The van der Waals surface area contributed by atoms with Crippen LogP contribution in [0.25, 0.3) is 0 Å². The Morgan fingerprint density at radius 1 is 1.28 bits per heavy atom. The average Bonchev–Trinajstić information content (AvgIpc) is 2.28. The molecule has 0 aliphatic rings. The lowest BCUT2D eigenvalue weighted by atomic mass is 10.2. The maximum Gasteiger partial charge on any atom is 0.267 e. The van der Waals surface area contributed by atoms with Crippen LogP contribution in [0.5, 0.6) is 0 Å². The maximum absolute atomic E-state index is 10.6. The van der Waals surface area contributed by atoms with Crippen molar-refractivity contribution in [2.24, 2.45) is 5.73 Å². The molecule has 0 radical (unpaired) electrons. The standard InChI is InChI=1S/C11H17NO4S2/c12-10(11(13)8-18(14,15)16)7-17-6-9-4-2-1-3-5-9/h1-5,10-11,13H,6-8,12H2,(H,14,15,16)/t10-,11-/m0/s1. The number of aliphatic hydroxyl groups excluding tert-OH is 1. The molecule has 1 rings (SSSR count). The van der Waals surface area contributed by atoms with Crippen molar-refractivity contribution in [1.82, 2.24) is 0 Å². The lowest BCUT2D eigenvalue weighted by Crippen LogP contribution is -2.41. The molecule has 0 heterocycles. The van der Waals surface area contributed by atoms with Crippen molar-refractivity contribution in [3.05, 3.63) is 35.9 Å². The Morgan fingerprint density at radius 2 is 1.89 bits per heavy atom. The molecule has 102 valence electrons. The number of rotatable bonds is 7. The highest BCUT2D eigenvalue weighted by molar-refractivity contribution is 7.98. The molecule has 7 heteroatoms. The highest BCUT2D eigenvalue weighted by Crippen LogP contribution is 2.13. The summed E-state index contributed by atoms with van der Waals surface area (Å²) in [5, 5.41) is 9.47. The number of hydrogen-bond acceptors (Lipinski definition) is 5. The fourth-order valence-corrected chi connectivity index (χ4v) is 3.06. The quantitative estimate of drug-likeness (QED) is 0.632. The van der Waals surface area contributed by atoms with Crippen molar-refractivity contribution in [2.45, 2.75) is 17.9 Å². The number of thioether (sulfide) groups is 1. The van der Waals surface area contributed by atoms with E-state index in [1.165, 1.54) is 11.8 Å². The van der Waals surface area contributed by atoms with E-state index in [1.54, 1.807) is 0 Å². The van der Waals surface area contributed by atoms with Crippen LogP contribution in [0.2, 0.25) is 0 Å². The molecule has 0 fully saturated rings. The van der Waals surface area contributed by atoms with Crippen molar-refractivity contribution in [1.29, 1.82) is 0 Å². The highest BCUT2D eigenvalue weighted by Gasteiger charge is 2.20. The Balaban J connectivity index is 2.31. The molecule has 1 aromatic carbocycles. The zero-order chi connectivity index (χ0) is 13.6. The monoisotopic (exact) mass is 291 g/mol. The van der Waals surface area contributed by atoms with Crippen molar-refractivity contribution >= 4 is 21.9 Å². The molecule has 0 spiro atoms. The van der Waals surface area contributed by atoms with E-state index in [0.717, 1.165) is 11.3 Å². The van der Waals surface area contributed by atoms with Gasteiger partial charge in [0, 0.05) is 17.5 Å². The molecular formula is C11H17NO4S2. The first kappa shape index (κ1) is 15.5. The van der Waals surface area contributed by atoms with E-state index in [1.807, 2.05) is 30.3 Å². The van der Waals surface area contributed by atoms with Crippen LogP contribution >= 0.6 is 11.8 Å². The Hall–Kier alpha value is -0.600. The van der Waals surface area contributed by atoms with Crippen LogP contribution in [0.4, 0.5) is 0 Å². The van der Waals surface area contributed by atoms with Gasteiger partial charge in [0.25, 0.3) is 10.1 Å². The topological polar surface area (TPSA) is 101 Å². The van der Waals surface area contributed by atoms with Gasteiger partial charge in [0.1, 0.15) is 5.75 Å². The van der Waals surface area contributed by atoms with Crippen molar-refractivity contribution in [3.63, 3.8) is 0 Å². The first-order valence-electron chi connectivity index (χ1n) is 5.39. The molecule has 0 saturated heterocycles. The van der Waals surface area contributed by atoms with Gasteiger partial charge in [-0.05, 0) is 5.56 Å². The van der Waals surface area contributed by atoms with Gasteiger partial charge in [0.2, 0.25) is 0 Å². The molecule has 1 aromatic rings. The van der Waals surface area contributed by atoms with E-state index in [0.29, 0.717) is 5.75 Å². The molecule has 0 saturated carbocycles. The Bertz CT molecular complexity index is 449. The van der Waals surface area contributed by atoms with Crippen LogP contribution in [0.15, 0.2) is 30.3 Å². The fraction of sp³-hybridized carbons (Fsp3) is 0.455. The van der Waals surface area contributed by atoms with Crippen LogP contribution in [0, 0.1) is 0 Å². The summed E-state index contributed by atoms with van der Waals surface area (Å²) in [5.41, 5.74) is 6.78. The molecule has 2 atom stereocenters. The Labute approximate surface area is 111 Å². The van der Waals surface area contributed by atoms with Crippen LogP contribution in [-0.2, 0) is 15.9 Å². The second kappa shape index (κ2) is 7.10. The van der Waals surface area contributed by atoms with E-state index < -0.39 is 28.0 Å². The molecule has 5 nitrogen and oxygen atoms in total. The summed E-state index contributed by atoms with van der Waals surface area (Å²) >= 11 is 1.51. The molecule has 0 bridgehead atoms. The third-order valence-electron chi connectivity index (χ3n) is 2.30. The predicted octanol–water partition coefficient (Wildman–Crippen LogP) is 0.496. The van der Waals surface area contributed by atoms with Crippen LogP contribution in [0.3, 0.4) is 0 Å². The minimum absolute atomic E-state index is 0.422. The third kappa shape index (κ3) is 6.36. The van der Waals surface area contributed by atoms with E-state index in [2.05, 4.69) is 0 Å². The van der Waals surface area contributed by atoms with Crippen LogP contribution in [0.1, 0.15) is 5.56 Å². The molecule has 0 amide bonds. The van der Waals surface area contributed by atoms with Gasteiger partial charge in [-0.2, -0.15) is 20.2 Å². The molecular weight excluding hydrogens is 274 g/mol. The summed E-state index contributed by atoms with van der Waals surface area (Å²) in [6.45, 7) is 0. The zero-order valence-corrected chi connectivity index (χ0v) is 11.4. The number of aliphatic hydroxyl groups is 1. The first-order chi connectivity index (χ1) is 8.38. The van der Waals surface area contributed by atoms with E-state index in [9.17, 15) is 13.5 Å². The molecule has 0 aliphatic carbocycles. The highest BCUT2D eigenvalue weighted by atomic mass is 32.2. The minimum atomic E-state index is -4.18. The van der Waals surface area contributed by atoms with Crippen molar-refractivity contribution in [3.8, 4) is 0 Å². The summed E-state index contributed by atoms with van der Waals surface area (Å²) < 4.78 is 29.7. The van der Waals surface area contributed by atoms with Gasteiger partial charge >= 0.3 is 0 Å². The molecule has 4 N–H and O–H groups in total. The lowest BCUT2D eigenvalue weighted by molar-refractivity contribution is 0.172.